The molecule has 2 nitrogen and oxygen atoms in total. The van der Waals surface area contributed by atoms with Gasteiger partial charge in [-0.3, -0.25) is 4.79 Å². The van der Waals surface area contributed by atoms with Crippen LogP contribution in [0.3, 0.4) is 0 Å². The van der Waals surface area contributed by atoms with E-state index >= 15 is 0 Å². The van der Waals surface area contributed by atoms with Gasteiger partial charge >= 0.3 is 0 Å². The smallest absolute Gasteiger partial charge is 0.166 e. The number of rotatable bonds is 7. The minimum atomic E-state index is -1.92. The Labute approximate surface area is 167 Å². The molecule has 0 saturated heterocycles. The highest BCUT2D eigenvalue weighted by atomic mass is 35.5. The van der Waals surface area contributed by atoms with Gasteiger partial charge in [-0.25, -0.2) is 17.6 Å². The van der Waals surface area contributed by atoms with Crippen LogP contribution in [-0.2, 0) is 10.2 Å². The molecule has 0 aliphatic carbocycles. The first kappa shape index (κ1) is 22.4. The van der Waals surface area contributed by atoms with Crippen molar-refractivity contribution >= 4 is 17.4 Å². The molecule has 0 fully saturated rings. The molecule has 0 spiro atoms. The lowest BCUT2D eigenvalue weighted by Crippen LogP contribution is -2.44. The van der Waals surface area contributed by atoms with Crippen LogP contribution >= 0.6 is 11.6 Å². The van der Waals surface area contributed by atoms with Crippen molar-refractivity contribution in [2.75, 3.05) is 14.1 Å². The molecule has 0 N–H and O–H groups in total. The van der Waals surface area contributed by atoms with Crippen LogP contribution in [0.5, 0.6) is 0 Å². The fourth-order valence-corrected chi connectivity index (χ4v) is 3.51. The van der Waals surface area contributed by atoms with Gasteiger partial charge in [0.1, 0.15) is 5.78 Å². The van der Waals surface area contributed by atoms with Gasteiger partial charge in [-0.1, -0.05) is 30.7 Å². The lowest BCUT2D eigenvalue weighted by molar-refractivity contribution is -0.123. The van der Waals surface area contributed by atoms with Gasteiger partial charge in [-0.15, -0.1) is 0 Å². The first-order chi connectivity index (χ1) is 13.1. The minimum absolute atomic E-state index is 0.0783. The molecule has 0 saturated carbocycles. The Balaban J connectivity index is 2.96. The van der Waals surface area contributed by atoms with Crippen LogP contribution in [0.2, 0.25) is 5.02 Å². The molecule has 0 aliphatic heterocycles. The van der Waals surface area contributed by atoms with Gasteiger partial charge in [0.15, 0.2) is 23.3 Å². The van der Waals surface area contributed by atoms with Crippen LogP contribution in [0.1, 0.15) is 37.8 Å². The van der Waals surface area contributed by atoms with Crippen LogP contribution in [0.25, 0.3) is 0 Å². The number of hydrogen-bond acceptors (Lipinski definition) is 2. The molecule has 28 heavy (non-hydrogen) atoms. The van der Waals surface area contributed by atoms with E-state index in [4.69, 9.17) is 11.6 Å². The Hall–Kier alpha value is -1.92. The van der Waals surface area contributed by atoms with Crippen LogP contribution in [0.15, 0.2) is 30.3 Å². The van der Waals surface area contributed by atoms with E-state index in [-0.39, 0.29) is 30.5 Å². The number of carbonyl (C=O) groups is 1. The van der Waals surface area contributed by atoms with E-state index in [0.29, 0.717) is 5.02 Å². The monoisotopic (exact) mass is 415 g/mol. The summed E-state index contributed by atoms with van der Waals surface area (Å²) in [5.74, 6) is -6.78. The Bertz CT molecular complexity index is 843. The molecular formula is C21H22ClF4NO. The zero-order valence-electron chi connectivity index (χ0n) is 16.1. The molecule has 7 heteroatoms. The van der Waals surface area contributed by atoms with E-state index < -0.39 is 40.0 Å². The van der Waals surface area contributed by atoms with Crippen molar-refractivity contribution in [1.82, 2.24) is 4.90 Å². The van der Waals surface area contributed by atoms with Crippen molar-refractivity contribution in [2.45, 2.75) is 38.1 Å². The summed E-state index contributed by atoms with van der Waals surface area (Å²) in [6.07, 6.45) is -0.162. The maximum absolute atomic E-state index is 14.9. The van der Waals surface area contributed by atoms with Crippen molar-refractivity contribution in [3.05, 3.63) is 69.8 Å². The molecule has 2 rings (SSSR count). The average Bonchev–Trinajstić information content (AvgIpc) is 2.65. The number of carbonyl (C=O) groups excluding carboxylic acids is 1. The molecule has 0 aliphatic rings. The molecule has 2 aromatic carbocycles. The third kappa shape index (κ3) is 3.94. The van der Waals surface area contributed by atoms with Gasteiger partial charge in [-0.05, 0) is 45.1 Å². The van der Waals surface area contributed by atoms with Crippen LogP contribution in [0, 0.1) is 23.3 Å². The van der Waals surface area contributed by atoms with E-state index in [1.807, 2.05) is 0 Å². The van der Waals surface area contributed by atoms with Crippen molar-refractivity contribution in [1.29, 1.82) is 0 Å². The second-order valence-electron chi connectivity index (χ2n) is 7.05. The molecule has 0 bridgehead atoms. The normalized spacial score (nSPS) is 14.8. The third-order valence-electron chi connectivity index (χ3n) is 5.16. The summed E-state index contributed by atoms with van der Waals surface area (Å²) >= 11 is 5.93. The zero-order chi connectivity index (χ0) is 21.2. The van der Waals surface area contributed by atoms with Gasteiger partial charge in [0, 0.05) is 29.1 Å². The Kier molecular flexibility index (Phi) is 6.88. The second kappa shape index (κ2) is 8.62. The van der Waals surface area contributed by atoms with E-state index in [1.54, 1.807) is 32.8 Å². The van der Waals surface area contributed by atoms with E-state index in [1.165, 1.54) is 24.3 Å². The van der Waals surface area contributed by atoms with Crippen molar-refractivity contribution in [3.8, 4) is 0 Å². The fraction of sp³-hybridized carbons (Fsp3) is 0.381. The van der Waals surface area contributed by atoms with E-state index in [2.05, 4.69) is 0 Å². The van der Waals surface area contributed by atoms with Crippen LogP contribution < -0.4 is 0 Å². The average molecular weight is 416 g/mol. The Morgan fingerprint density at radius 2 is 1.57 bits per heavy atom. The summed E-state index contributed by atoms with van der Waals surface area (Å²) < 4.78 is 57.9. The predicted octanol–water partition coefficient (Wildman–Crippen LogP) is 5.50. The van der Waals surface area contributed by atoms with Crippen LogP contribution in [0.4, 0.5) is 17.6 Å². The highest BCUT2D eigenvalue weighted by Crippen LogP contribution is 2.43. The quantitative estimate of drug-likeness (QED) is 0.439. The summed E-state index contributed by atoms with van der Waals surface area (Å²) in [4.78, 5) is 14.9. The molecule has 2 aromatic rings. The molecule has 0 aromatic heterocycles. The fourth-order valence-electron chi connectivity index (χ4n) is 3.39. The summed E-state index contributed by atoms with van der Waals surface area (Å²) in [5.41, 5.74) is -2.60. The number of hydrogen-bond donors (Lipinski definition) is 0. The van der Waals surface area contributed by atoms with Gasteiger partial charge in [0.05, 0.1) is 5.41 Å². The van der Waals surface area contributed by atoms with Crippen molar-refractivity contribution in [2.24, 2.45) is 0 Å². The zero-order valence-corrected chi connectivity index (χ0v) is 16.9. The summed E-state index contributed by atoms with van der Waals surface area (Å²) in [5, 5.41) is 0.355. The maximum atomic E-state index is 14.9. The number of benzene rings is 2. The molecule has 152 valence electrons. The standard InChI is InChI=1S/C21H22ClF4NO/c1-5-17(28)21(11-12(2)27(3)4,13-6-8-14(22)9-7-13)18-19(25)15(23)10-16(24)20(18)26/h6-10,12H,5,11H2,1-4H3/t12-,21?/m1/s1. The SMILES string of the molecule is CCC(=O)C(C[C@@H](C)N(C)C)(c1ccc(Cl)cc1)c1c(F)c(F)cc(F)c1F. The van der Waals surface area contributed by atoms with Gasteiger partial charge < -0.3 is 4.90 Å². The second-order valence-corrected chi connectivity index (χ2v) is 7.49. The number of halogens is 5. The number of ketones is 1. The highest BCUT2D eigenvalue weighted by Gasteiger charge is 2.47. The van der Waals surface area contributed by atoms with Crippen molar-refractivity contribution in [3.63, 3.8) is 0 Å². The number of Topliss-reactive ketones (excluding diaryl/α,β-unsaturated/α-hetero) is 1. The summed E-state index contributed by atoms with van der Waals surface area (Å²) in [7, 11) is 3.49. The maximum Gasteiger partial charge on any atom is 0.166 e. The lowest BCUT2D eigenvalue weighted by atomic mass is 9.66. The molecule has 0 radical (unpaired) electrons. The minimum Gasteiger partial charge on any atom is -0.307 e. The molecule has 0 amide bonds. The first-order valence-corrected chi connectivity index (χ1v) is 9.23. The summed E-state index contributed by atoms with van der Waals surface area (Å²) in [6, 6.07) is 5.67. The summed E-state index contributed by atoms with van der Waals surface area (Å²) in [6.45, 7) is 3.30. The van der Waals surface area contributed by atoms with E-state index in [0.717, 1.165) is 0 Å². The number of nitrogens with zero attached hydrogens (tertiary/aromatic N) is 1. The largest absolute Gasteiger partial charge is 0.307 e. The van der Waals surface area contributed by atoms with E-state index in [9.17, 15) is 22.4 Å². The van der Waals surface area contributed by atoms with Gasteiger partial charge in [0.25, 0.3) is 0 Å². The van der Waals surface area contributed by atoms with Gasteiger partial charge in [-0.2, -0.15) is 0 Å². The predicted molar refractivity (Wildman–Crippen MR) is 102 cm³/mol. The molecular weight excluding hydrogens is 394 g/mol. The molecule has 1 unspecified atom stereocenters. The molecule has 0 heterocycles. The topological polar surface area (TPSA) is 20.3 Å². The molecule has 2 atom stereocenters. The lowest BCUT2D eigenvalue weighted by Gasteiger charge is -2.38. The highest BCUT2D eigenvalue weighted by molar-refractivity contribution is 6.30. The van der Waals surface area contributed by atoms with Gasteiger partial charge in [0.2, 0.25) is 0 Å². The third-order valence-corrected chi connectivity index (χ3v) is 5.41. The Morgan fingerprint density at radius 1 is 1.07 bits per heavy atom. The van der Waals surface area contributed by atoms with Crippen molar-refractivity contribution < 1.29 is 22.4 Å². The van der Waals surface area contributed by atoms with Crippen LogP contribution in [-0.4, -0.2) is 30.8 Å². The first-order valence-electron chi connectivity index (χ1n) is 8.85. The Morgan fingerprint density at radius 3 is 2.00 bits per heavy atom.